The highest BCUT2D eigenvalue weighted by Crippen LogP contribution is 2.39. The number of anilines is 1. The smallest absolute Gasteiger partial charge is 0.254 e. The van der Waals surface area contributed by atoms with Crippen LogP contribution < -0.4 is 15.4 Å². The molecule has 1 heterocycles. The average molecular weight is 494 g/mol. The number of halogens is 2. The molecule has 186 valence electrons. The van der Waals surface area contributed by atoms with Gasteiger partial charge in [0.25, 0.3) is 5.91 Å². The molecule has 3 atom stereocenters. The Kier molecular flexibility index (Phi) is 7.12. The second-order valence-corrected chi connectivity index (χ2v) is 8.60. The molecule has 36 heavy (non-hydrogen) atoms. The number of hydrogen-bond acceptors (Lipinski definition) is 5. The van der Waals surface area contributed by atoms with Crippen molar-refractivity contribution >= 4 is 23.4 Å². The molecule has 0 saturated carbocycles. The predicted molar refractivity (Wildman–Crippen MR) is 129 cm³/mol. The number of nitrogens with zero attached hydrogens (tertiary/aromatic N) is 2. The van der Waals surface area contributed by atoms with Crippen LogP contribution in [0.2, 0.25) is 0 Å². The highest BCUT2D eigenvalue weighted by Gasteiger charge is 2.46. The number of ether oxygens (including phenoxy) is 1. The van der Waals surface area contributed by atoms with Crippen molar-refractivity contribution in [2.75, 3.05) is 11.9 Å². The molecule has 0 spiro atoms. The summed E-state index contributed by atoms with van der Waals surface area (Å²) in [7, 11) is 1.52. The first-order valence-corrected chi connectivity index (χ1v) is 11.3. The van der Waals surface area contributed by atoms with Crippen LogP contribution in [0.3, 0.4) is 0 Å². The van der Waals surface area contributed by atoms with E-state index in [0.29, 0.717) is 23.1 Å². The number of nitrogens with two attached hydrogens (primary N) is 1. The average Bonchev–Trinajstić information content (AvgIpc) is 2.94. The highest BCUT2D eigenvalue weighted by atomic mass is 19.1. The van der Waals surface area contributed by atoms with Crippen LogP contribution in [-0.4, -0.2) is 41.8 Å². The largest absolute Gasteiger partial charge is 0.481 e. The Labute approximate surface area is 207 Å². The third-order valence-electron chi connectivity index (χ3n) is 5.93. The topological polar surface area (TPSA) is 92.9 Å². The number of para-hydroxylation sites is 2. The number of likely N-dealkylation sites (N-methyl/N-ethyl adjacent to an activating group) is 1. The number of amides is 3. The Bertz CT molecular complexity index is 1280. The van der Waals surface area contributed by atoms with E-state index in [1.807, 2.05) is 0 Å². The van der Waals surface area contributed by atoms with Gasteiger partial charge in [-0.25, -0.2) is 8.78 Å². The number of carbonyl (C=O) groups excluding carboxylic acids is 3. The minimum Gasteiger partial charge on any atom is -0.481 e. The Balaban J connectivity index is 1.84. The Morgan fingerprint density at radius 1 is 1.03 bits per heavy atom. The van der Waals surface area contributed by atoms with E-state index in [0.717, 1.165) is 17.0 Å². The maximum absolute atomic E-state index is 13.9. The van der Waals surface area contributed by atoms with Crippen molar-refractivity contribution in [3.63, 3.8) is 0 Å². The molecule has 1 aliphatic rings. The van der Waals surface area contributed by atoms with E-state index < -0.39 is 54.0 Å². The van der Waals surface area contributed by atoms with E-state index in [-0.39, 0.29) is 5.56 Å². The fourth-order valence-electron chi connectivity index (χ4n) is 4.23. The van der Waals surface area contributed by atoms with Gasteiger partial charge in [-0.1, -0.05) is 42.5 Å². The van der Waals surface area contributed by atoms with Gasteiger partial charge in [0.1, 0.15) is 17.4 Å². The minimum atomic E-state index is -1.44. The Morgan fingerprint density at radius 2 is 1.64 bits per heavy atom. The normalized spacial score (nSPS) is 18.0. The molecular weight excluding hydrogens is 468 g/mol. The number of fused-ring (bicyclic) bond motifs is 1. The molecule has 7 nitrogen and oxygen atoms in total. The molecule has 0 radical (unpaired) electrons. The van der Waals surface area contributed by atoms with Gasteiger partial charge in [-0.05, 0) is 42.3 Å². The monoisotopic (exact) mass is 493 g/mol. The summed E-state index contributed by atoms with van der Waals surface area (Å²) < 4.78 is 33.9. The van der Waals surface area contributed by atoms with Gasteiger partial charge < -0.3 is 15.4 Å². The standard InChI is InChI=1S/C27H25F2N3O4/c1-16(30)26(34)32(23(33)14-17-12-19(28)15-20(29)13-17)24-25(18-8-4-3-5-9-18)36-22-11-7-6-10-21(22)31(2)27(24)35/h3-13,15-16,24-25H,14,30H2,1-2H3/t16-,24-,25+/m0/s1. The zero-order valence-electron chi connectivity index (χ0n) is 19.7. The summed E-state index contributed by atoms with van der Waals surface area (Å²) in [5.74, 6) is -3.59. The fourth-order valence-corrected chi connectivity index (χ4v) is 4.23. The van der Waals surface area contributed by atoms with Crippen molar-refractivity contribution in [1.29, 1.82) is 0 Å². The lowest BCUT2D eigenvalue weighted by Gasteiger charge is -2.35. The Morgan fingerprint density at radius 3 is 2.28 bits per heavy atom. The van der Waals surface area contributed by atoms with Crippen molar-refractivity contribution < 1.29 is 27.9 Å². The molecule has 0 aliphatic carbocycles. The predicted octanol–water partition coefficient (Wildman–Crippen LogP) is 3.38. The molecule has 0 saturated heterocycles. The SMILES string of the molecule is C[C@H](N)C(=O)N(C(=O)Cc1cc(F)cc(F)c1)[C@@H]1C(=O)N(C)c2ccccc2O[C@@H]1c1ccccc1. The first-order chi connectivity index (χ1) is 17.2. The van der Waals surface area contributed by atoms with E-state index in [9.17, 15) is 23.2 Å². The molecule has 0 bridgehead atoms. The van der Waals surface area contributed by atoms with Crippen molar-refractivity contribution in [2.45, 2.75) is 31.5 Å². The van der Waals surface area contributed by atoms with Gasteiger partial charge in [-0.3, -0.25) is 19.3 Å². The number of imide groups is 1. The molecule has 3 aromatic rings. The third kappa shape index (κ3) is 4.96. The summed E-state index contributed by atoms with van der Waals surface area (Å²) in [4.78, 5) is 42.9. The van der Waals surface area contributed by atoms with E-state index >= 15 is 0 Å². The lowest BCUT2D eigenvalue weighted by Crippen LogP contribution is -2.58. The molecule has 2 N–H and O–H groups in total. The molecule has 0 aromatic heterocycles. The lowest BCUT2D eigenvalue weighted by atomic mass is 9.97. The van der Waals surface area contributed by atoms with Crippen LogP contribution in [0.25, 0.3) is 0 Å². The van der Waals surface area contributed by atoms with Crippen LogP contribution in [0.1, 0.15) is 24.2 Å². The summed E-state index contributed by atoms with van der Waals surface area (Å²) in [6.07, 6.45) is -1.60. The van der Waals surface area contributed by atoms with Crippen molar-refractivity contribution in [2.24, 2.45) is 5.73 Å². The van der Waals surface area contributed by atoms with Gasteiger partial charge in [0.05, 0.1) is 18.2 Å². The van der Waals surface area contributed by atoms with E-state index in [2.05, 4.69) is 0 Å². The number of carbonyl (C=O) groups is 3. The highest BCUT2D eigenvalue weighted by molar-refractivity contribution is 6.07. The van der Waals surface area contributed by atoms with Crippen molar-refractivity contribution in [1.82, 2.24) is 4.90 Å². The third-order valence-corrected chi connectivity index (χ3v) is 5.93. The molecule has 0 fully saturated rings. The molecule has 3 amide bonds. The summed E-state index contributed by atoms with van der Waals surface area (Å²) in [6, 6.07) is 15.7. The summed E-state index contributed by atoms with van der Waals surface area (Å²) in [5.41, 5.74) is 6.90. The summed E-state index contributed by atoms with van der Waals surface area (Å²) in [5, 5.41) is 0. The van der Waals surface area contributed by atoms with Gasteiger partial charge in [-0.15, -0.1) is 0 Å². The number of hydrogen-bond donors (Lipinski definition) is 1. The van der Waals surface area contributed by atoms with Crippen LogP contribution >= 0.6 is 0 Å². The molecular formula is C27H25F2N3O4. The van der Waals surface area contributed by atoms with Crippen LogP contribution in [0, 0.1) is 11.6 Å². The summed E-state index contributed by atoms with van der Waals surface area (Å²) in [6.45, 7) is 1.39. The van der Waals surface area contributed by atoms with E-state index in [1.54, 1.807) is 54.6 Å². The lowest BCUT2D eigenvalue weighted by molar-refractivity contribution is -0.154. The van der Waals surface area contributed by atoms with Crippen LogP contribution in [0.15, 0.2) is 72.8 Å². The fraction of sp³-hybridized carbons (Fsp3) is 0.222. The Hall–Kier alpha value is -4.11. The minimum absolute atomic E-state index is 0.00913. The molecule has 4 rings (SSSR count). The number of benzene rings is 3. The maximum Gasteiger partial charge on any atom is 0.254 e. The second-order valence-electron chi connectivity index (χ2n) is 8.60. The first-order valence-electron chi connectivity index (χ1n) is 11.3. The molecule has 3 aromatic carbocycles. The molecule has 0 unspecified atom stereocenters. The van der Waals surface area contributed by atoms with Crippen LogP contribution in [0.5, 0.6) is 5.75 Å². The van der Waals surface area contributed by atoms with Crippen LogP contribution in [0.4, 0.5) is 14.5 Å². The zero-order chi connectivity index (χ0) is 26.0. The van der Waals surface area contributed by atoms with Gasteiger partial charge in [0.2, 0.25) is 11.8 Å². The van der Waals surface area contributed by atoms with Gasteiger partial charge >= 0.3 is 0 Å². The van der Waals surface area contributed by atoms with Gasteiger partial charge in [-0.2, -0.15) is 0 Å². The first kappa shape index (κ1) is 25.0. The molecule has 9 heteroatoms. The van der Waals surface area contributed by atoms with Crippen molar-refractivity contribution in [3.8, 4) is 5.75 Å². The molecule has 1 aliphatic heterocycles. The second kappa shape index (κ2) is 10.2. The zero-order valence-corrected chi connectivity index (χ0v) is 19.7. The summed E-state index contributed by atoms with van der Waals surface area (Å²) >= 11 is 0. The van der Waals surface area contributed by atoms with E-state index in [4.69, 9.17) is 10.5 Å². The van der Waals surface area contributed by atoms with Crippen molar-refractivity contribution in [3.05, 3.63) is 95.6 Å². The van der Waals surface area contributed by atoms with Gasteiger partial charge in [0.15, 0.2) is 12.1 Å². The quantitative estimate of drug-likeness (QED) is 0.588. The number of rotatable bonds is 5. The van der Waals surface area contributed by atoms with Gasteiger partial charge in [0, 0.05) is 13.1 Å². The maximum atomic E-state index is 13.9. The van der Waals surface area contributed by atoms with Crippen LogP contribution in [-0.2, 0) is 20.8 Å². The van der Waals surface area contributed by atoms with E-state index in [1.165, 1.54) is 18.9 Å².